The fourth-order valence-corrected chi connectivity index (χ4v) is 13.9. The Morgan fingerprint density at radius 2 is 0.692 bits per heavy atom. The molecule has 0 fully saturated rings. The van der Waals surface area contributed by atoms with E-state index in [1.807, 2.05) is 89.6 Å². The van der Waals surface area contributed by atoms with Crippen LogP contribution in [0.4, 0.5) is 0 Å². The summed E-state index contributed by atoms with van der Waals surface area (Å²) in [5.41, 5.74) is 12.5. The normalized spacial score (nSPS) is 15.5. The number of pyridine rings is 5. The smallest absolute Gasteiger partial charge is 0.223 e. The van der Waals surface area contributed by atoms with Crippen LogP contribution in [0.5, 0.6) is 28.7 Å². The number of benzene rings is 5. The Kier molecular flexibility index (Phi) is 24.8. The van der Waals surface area contributed by atoms with Gasteiger partial charge in [-0.25, -0.2) is 0 Å². The standard InChI is InChI=1S/C18H22N2O2.C17H20N2O2.C16H15N3O2.C16H18N2O2.C15H15ClN2O2/c1-3-14-4-6-15(7-5-14)13(2)19-8-9-20-12-18(22)17(21)10-16(20)11-19;1-2-13-3-5-14(6-4-13)10-18-7-8-19-12-17(21)16(20)9-15(19)11-18;17-8-12-3-1-2-4-13(12)9-18-5-6-19-11-16(21)15(20)7-14(19)10-18;1-12(13-5-3-2-4-6-13)17-7-8-18-11-16(20)15(19)9-14(18)10-17;16-13-4-2-1-3-11(13)8-17-5-6-18-10-15(20)14(19)7-12(18)9-17/h4-7,10,12-13,22H,3,8-9,11H2,1-2H3;3-6,9,12,21H,2,7-8,10-11H2,1H3;1-4,7,11,21H,5-6,9-10H2;2-6,9,11-12,20H,7-8,10H2,1H3;1-4,7,10,20H,5-6,8-9H2. The molecule has 0 aliphatic carbocycles. The summed E-state index contributed by atoms with van der Waals surface area (Å²) in [5, 5.41) is 57.3. The van der Waals surface area contributed by atoms with Gasteiger partial charge in [0.1, 0.15) is 0 Å². The van der Waals surface area contributed by atoms with Gasteiger partial charge in [-0.1, -0.05) is 141 Å². The summed E-state index contributed by atoms with van der Waals surface area (Å²) in [4.78, 5) is 69.2. The van der Waals surface area contributed by atoms with E-state index in [1.165, 1.54) is 52.3 Å². The van der Waals surface area contributed by atoms with Crippen molar-refractivity contribution in [3.63, 3.8) is 0 Å². The molecule has 540 valence electrons. The molecule has 10 heterocycles. The molecule has 104 heavy (non-hydrogen) atoms. The highest BCUT2D eigenvalue weighted by Crippen LogP contribution is 2.29. The number of aromatic nitrogens is 5. The first kappa shape index (κ1) is 74.6. The Balaban J connectivity index is 0.000000130. The molecule has 15 rings (SSSR count). The predicted octanol–water partition coefficient (Wildman–Crippen LogP) is 10.6. The SMILES string of the molecule is CC(c1ccccc1)N1CCn2cc(O)c(=O)cc2C1.CCc1ccc(C(C)N2CCn3cc(O)c(=O)cc3C2)cc1.CCc1ccc(CN2CCn3cc(O)c(=O)cc3C2)cc1.N#Cc1ccccc1CN1CCn2cc(O)c(=O)cc2C1.O=c1cc2n(cc1O)CCN(Cc1ccccc1Cl)C2. The molecule has 0 saturated carbocycles. The van der Waals surface area contributed by atoms with Gasteiger partial charge in [0.25, 0.3) is 0 Å². The Morgan fingerprint density at radius 1 is 0.375 bits per heavy atom. The zero-order valence-electron chi connectivity index (χ0n) is 59.3. The van der Waals surface area contributed by atoms with Crippen LogP contribution in [-0.2, 0) is 97.9 Å². The van der Waals surface area contributed by atoms with Gasteiger partial charge in [-0.3, -0.25) is 48.5 Å². The van der Waals surface area contributed by atoms with Crippen LogP contribution in [0, 0.1) is 11.3 Å². The minimum atomic E-state index is -0.347. The van der Waals surface area contributed by atoms with Crippen LogP contribution >= 0.6 is 11.6 Å². The molecule has 22 heteroatoms. The highest BCUT2D eigenvalue weighted by molar-refractivity contribution is 6.31. The first-order chi connectivity index (χ1) is 50.2. The van der Waals surface area contributed by atoms with Crippen molar-refractivity contribution in [3.8, 4) is 34.8 Å². The first-order valence-corrected chi connectivity index (χ1v) is 35.8. The molecular formula is C82H90ClN11O10. The first-order valence-electron chi connectivity index (χ1n) is 35.4. The third kappa shape index (κ3) is 19.0. The van der Waals surface area contributed by atoms with Crippen LogP contribution in [0.3, 0.4) is 0 Å². The van der Waals surface area contributed by atoms with Crippen LogP contribution in [0.15, 0.2) is 213 Å². The van der Waals surface area contributed by atoms with E-state index in [-0.39, 0.29) is 55.9 Å². The van der Waals surface area contributed by atoms with Gasteiger partial charge in [-0.2, -0.15) is 5.26 Å². The van der Waals surface area contributed by atoms with E-state index in [1.54, 1.807) is 36.8 Å². The second kappa shape index (κ2) is 34.6. The van der Waals surface area contributed by atoms with Gasteiger partial charge in [0.15, 0.2) is 28.7 Å². The minimum Gasteiger partial charge on any atom is -0.503 e. The molecule has 5 N–H and O–H groups in total. The van der Waals surface area contributed by atoms with E-state index in [0.717, 1.165) is 156 Å². The van der Waals surface area contributed by atoms with Gasteiger partial charge < -0.3 is 48.4 Å². The molecule has 0 bridgehead atoms. The van der Waals surface area contributed by atoms with Gasteiger partial charge >= 0.3 is 0 Å². The quantitative estimate of drug-likeness (QED) is 0.0763. The van der Waals surface area contributed by atoms with Crippen molar-refractivity contribution in [1.29, 1.82) is 5.26 Å². The van der Waals surface area contributed by atoms with Gasteiger partial charge in [-0.05, 0) is 77.8 Å². The number of aromatic hydroxyl groups is 5. The zero-order valence-corrected chi connectivity index (χ0v) is 60.0. The largest absolute Gasteiger partial charge is 0.503 e. The summed E-state index contributed by atoms with van der Waals surface area (Å²) in [6, 6.07) is 53.6. The molecule has 0 spiro atoms. The molecule has 5 aliphatic rings. The van der Waals surface area contributed by atoms with Crippen LogP contribution < -0.4 is 27.1 Å². The van der Waals surface area contributed by atoms with Gasteiger partial charge in [0, 0.05) is 194 Å². The van der Waals surface area contributed by atoms with E-state index in [2.05, 4.69) is 119 Å². The van der Waals surface area contributed by atoms with Crippen LogP contribution in [0.25, 0.3) is 0 Å². The van der Waals surface area contributed by atoms with Crippen LogP contribution in [-0.4, -0.2) is 106 Å². The third-order valence-corrected chi connectivity index (χ3v) is 20.4. The lowest BCUT2D eigenvalue weighted by Gasteiger charge is -2.35. The van der Waals surface area contributed by atoms with Crippen molar-refractivity contribution in [2.24, 2.45) is 0 Å². The number of rotatable bonds is 12. The summed E-state index contributed by atoms with van der Waals surface area (Å²) in [7, 11) is 0. The highest BCUT2D eigenvalue weighted by atomic mass is 35.5. The fourth-order valence-electron chi connectivity index (χ4n) is 13.7. The Labute approximate surface area is 609 Å². The van der Waals surface area contributed by atoms with Crippen molar-refractivity contribution in [3.05, 3.63) is 318 Å². The number of hydrogen-bond acceptors (Lipinski definition) is 16. The summed E-state index contributed by atoms with van der Waals surface area (Å²) in [5.74, 6) is -0.892. The molecule has 21 nitrogen and oxygen atoms in total. The second-order valence-corrected chi connectivity index (χ2v) is 27.4. The summed E-state index contributed by atoms with van der Waals surface area (Å²) in [6.45, 7) is 22.8. The Hall–Kier alpha value is -10.6. The molecule has 5 aromatic carbocycles. The lowest BCUT2D eigenvalue weighted by molar-refractivity contribution is 0.164. The maximum Gasteiger partial charge on any atom is 0.223 e. The average molecular weight is 1430 g/mol. The number of fused-ring (bicyclic) bond motifs is 5. The molecule has 5 aromatic heterocycles. The molecule has 2 atom stereocenters. The zero-order chi connectivity index (χ0) is 73.6. The van der Waals surface area contributed by atoms with Gasteiger partial charge in [0.05, 0.1) is 42.6 Å². The topological polar surface area (TPSA) is 251 Å². The number of nitriles is 1. The van der Waals surface area contributed by atoms with Crippen molar-refractivity contribution in [2.45, 2.75) is 138 Å². The van der Waals surface area contributed by atoms with E-state index < -0.39 is 0 Å². The summed E-state index contributed by atoms with van der Waals surface area (Å²) < 4.78 is 9.74. The van der Waals surface area contributed by atoms with Crippen LogP contribution in [0.2, 0.25) is 5.02 Å². The Bertz CT molecular complexity index is 4990. The molecule has 2 unspecified atom stereocenters. The highest BCUT2D eigenvalue weighted by Gasteiger charge is 2.26. The number of halogens is 1. The number of nitrogens with zero attached hydrogens (tertiary/aromatic N) is 11. The molecular weight excluding hydrogens is 1330 g/mol. The fraction of sp³-hybridized carbons (Fsp3) is 0.317. The van der Waals surface area contributed by atoms with Crippen molar-refractivity contribution in [1.82, 2.24) is 47.3 Å². The Morgan fingerprint density at radius 3 is 1.09 bits per heavy atom. The van der Waals surface area contributed by atoms with E-state index >= 15 is 0 Å². The summed E-state index contributed by atoms with van der Waals surface area (Å²) in [6.07, 6.45) is 9.77. The maximum absolute atomic E-state index is 11.6. The van der Waals surface area contributed by atoms with Gasteiger partial charge in [0.2, 0.25) is 27.1 Å². The average Bonchev–Trinajstić information content (AvgIpc) is 0.843. The van der Waals surface area contributed by atoms with Crippen molar-refractivity contribution in [2.75, 3.05) is 32.7 Å². The molecule has 0 amide bonds. The number of hydrogen-bond donors (Lipinski definition) is 5. The van der Waals surface area contributed by atoms with E-state index in [4.69, 9.17) is 16.9 Å². The number of aryl methyl sites for hydroxylation is 2. The lowest BCUT2D eigenvalue weighted by Crippen LogP contribution is -2.36. The predicted molar refractivity (Wildman–Crippen MR) is 403 cm³/mol. The van der Waals surface area contributed by atoms with Crippen molar-refractivity contribution < 1.29 is 25.5 Å². The third-order valence-electron chi connectivity index (χ3n) is 20.1. The molecule has 5 aliphatic heterocycles. The van der Waals surface area contributed by atoms with Crippen molar-refractivity contribution >= 4 is 11.6 Å². The minimum absolute atomic E-state index is 0.164. The molecule has 10 aromatic rings. The summed E-state index contributed by atoms with van der Waals surface area (Å²) >= 11 is 6.17. The van der Waals surface area contributed by atoms with Crippen LogP contribution in [0.1, 0.15) is 113 Å². The molecule has 0 saturated heterocycles. The maximum atomic E-state index is 11.6. The monoisotopic (exact) mass is 1420 g/mol. The van der Waals surface area contributed by atoms with E-state index in [0.29, 0.717) is 37.3 Å². The molecule has 0 radical (unpaired) electrons. The van der Waals surface area contributed by atoms with E-state index in [9.17, 15) is 49.5 Å². The lowest BCUT2D eigenvalue weighted by atomic mass is 10.0. The van der Waals surface area contributed by atoms with Gasteiger partial charge in [-0.15, -0.1) is 0 Å². The second-order valence-electron chi connectivity index (χ2n) is 27.0.